The van der Waals surface area contributed by atoms with E-state index in [2.05, 4.69) is 24.3 Å². The van der Waals surface area contributed by atoms with E-state index in [-0.39, 0.29) is 5.56 Å². The van der Waals surface area contributed by atoms with Gasteiger partial charge in [0.05, 0.1) is 11.9 Å². The van der Waals surface area contributed by atoms with Crippen LogP contribution >= 0.6 is 0 Å². The third kappa shape index (κ3) is 5.03. The van der Waals surface area contributed by atoms with Crippen LogP contribution < -0.4 is 15.8 Å². The summed E-state index contributed by atoms with van der Waals surface area (Å²) in [4.78, 5) is 14.0. The molecule has 0 aliphatic heterocycles. The van der Waals surface area contributed by atoms with Crippen LogP contribution in [-0.4, -0.2) is 36.5 Å². The van der Waals surface area contributed by atoms with E-state index >= 15 is 0 Å². The van der Waals surface area contributed by atoms with Crippen LogP contribution in [0.4, 0.5) is 5.69 Å². The van der Waals surface area contributed by atoms with Crippen LogP contribution in [0.1, 0.15) is 27.2 Å². The maximum Gasteiger partial charge on any atom is 0.268 e. The van der Waals surface area contributed by atoms with Crippen molar-refractivity contribution in [3.05, 3.63) is 22.6 Å². The molecular weight excluding hydrogens is 240 g/mol. The van der Waals surface area contributed by atoms with Gasteiger partial charge in [0.25, 0.3) is 5.56 Å². The fourth-order valence-corrected chi connectivity index (χ4v) is 1.84. The molecule has 1 heterocycles. The molecule has 0 aromatic carbocycles. The number of aromatic nitrogens is 2. The van der Waals surface area contributed by atoms with E-state index in [1.54, 1.807) is 16.9 Å². The second kappa shape index (κ2) is 7.94. The quantitative estimate of drug-likeness (QED) is 0.721. The molecule has 19 heavy (non-hydrogen) atoms. The lowest BCUT2D eigenvalue weighted by molar-refractivity contribution is 0.411. The van der Waals surface area contributed by atoms with Crippen LogP contribution in [-0.2, 0) is 6.54 Å². The summed E-state index contributed by atoms with van der Waals surface area (Å²) in [6.45, 7) is 9.78. The first-order chi connectivity index (χ1) is 9.08. The first-order valence-electron chi connectivity index (χ1n) is 7.07. The SMILES string of the molecule is CCCNCC(C)Cn1ncc(N(C)CC)cc1=O. The van der Waals surface area contributed by atoms with Gasteiger partial charge in [0.2, 0.25) is 0 Å². The smallest absolute Gasteiger partial charge is 0.268 e. The van der Waals surface area contributed by atoms with Gasteiger partial charge in [-0.05, 0) is 32.4 Å². The Morgan fingerprint density at radius 1 is 1.47 bits per heavy atom. The second-order valence-corrected chi connectivity index (χ2v) is 5.06. The van der Waals surface area contributed by atoms with E-state index in [0.29, 0.717) is 12.5 Å². The Labute approximate surface area is 115 Å². The Morgan fingerprint density at radius 2 is 2.21 bits per heavy atom. The van der Waals surface area contributed by atoms with Gasteiger partial charge in [0.1, 0.15) is 0 Å². The number of nitrogens with one attached hydrogen (secondary N) is 1. The average Bonchev–Trinajstić information content (AvgIpc) is 2.40. The van der Waals surface area contributed by atoms with Gasteiger partial charge in [-0.15, -0.1) is 0 Å². The molecule has 0 fully saturated rings. The predicted molar refractivity (Wildman–Crippen MR) is 79.8 cm³/mol. The molecule has 1 N–H and O–H groups in total. The molecule has 1 unspecified atom stereocenters. The molecule has 0 radical (unpaired) electrons. The summed E-state index contributed by atoms with van der Waals surface area (Å²) in [7, 11) is 1.96. The molecule has 108 valence electrons. The molecule has 1 aromatic heterocycles. The fraction of sp³-hybridized carbons (Fsp3) is 0.714. The van der Waals surface area contributed by atoms with Gasteiger partial charge in [-0.1, -0.05) is 13.8 Å². The van der Waals surface area contributed by atoms with Crippen molar-refractivity contribution < 1.29 is 0 Å². The molecule has 0 spiro atoms. The Morgan fingerprint density at radius 3 is 2.79 bits per heavy atom. The lowest BCUT2D eigenvalue weighted by Gasteiger charge is -2.17. The fourth-order valence-electron chi connectivity index (χ4n) is 1.84. The number of rotatable bonds is 8. The van der Waals surface area contributed by atoms with Gasteiger partial charge < -0.3 is 10.2 Å². The lowest BCUT2D eigenvalue weighted by atomic mass is 10.2. The predicted octanol–water partition coefficient (Wildman–Crippen LogP) is 1.34. The highest BCUT2D eigenvalue weighted by atomic mass is 16.1. The van der Waals surface area contributed by atoms with Gasteiger partial charge in [0.15, 0.2) is 0 Å². The maximum atomic E-state index is 12.0. The summed E-state index contributed by atoms with van der Waals surface area (Å²) < 4.78 is 1.55. The molecule has 5 nitrogen and oxygen atoms in total. The molecule has 0 saturated heterocycles. The van der Waals surface area contributed by atoms with Crippen molar-refractivity contribution in [3.8, 4) is 0 Å². The van der Waals surface area contributed by atoms with Crippen LogP contribution in [0.15, 0.2) is 17.1 Å². The molecule has 5 heteroatoms. The van der Waals surface area contributed by atoms with Crippen molar-refractivity contribution in [1.29, 1.82) is 0 Å². The van der Waals surface area contributed by atoms with Gasteiger partial charge in [0, 0.05) is 26.2 Å². The number of hydrogen-bond acceptors (Lipinski definition) is 4. The molecule has 1 aromatic rings. The Bertz CT molecular complexity index is 430. The highest BCUT2D eigenvalue weighted by Gasteiger charge is 2.07. The monoisotopic (exact) mass is 266 g/mol. The Balaban J connectivity index is 2.62. The average molecular weight is 266 g/mol. The summed E-state index contributed by atoms with van der Waals surface area (Å²) in [5, 5.41) is 7.61. The molecule has 0 aliphatic rings. The second-order valence-electron chi connectivity index (χ2n) is 5.06. The highest BCUT2D eigenvalue weighted by molar-refractivity contribution is 5.41. The third-order valence-corrected chi connectivity index (χ3v) is 3.17. The van der Waals surface area contributed by atoms with Crippen LogP contribution in [0.5, 0.6) is 0 Å². The minimum Gasteiger partial charge on any atom is -0.373 e. The normalized spacial score (nSPS) is 12.4. The van der Waals surface area contributed by atoms with E-state index in [1.165, 1.54) is 0 Å². The van der Waals surface area contributed by atoms with Crippen molar-refractivity contribution in [2.75, 3.05) is 31.6 Å². The molecule has 0 saturated carbocycles. The van der Waals surface area contributed by atoms with Gasteiger partial charge in [-0.3, -0.25) is 4.79 Å². The number of anilines is 1. The van der Waals surface area contributed by atoms with Crippen molar-refractivity contribution in [1.82, 2.24) is 15.1 Å². The van der Waals surface area contributed by atoms with Crippen molar-refractivity contribution in [2.45, 2.75) is 33.7 Å². The first kappa shape index (κ1) is 15.7. The molecule has 1 rings (SSSR count). The van der Waals surface area contributed by atoms with E-state index in [4.69, 9.17) is 0 Å². The summed E-state index contributed by atoms with van der Waals surface area (Å²) in [6, 6.07) is 1.66. The van der Waals surface area contributed by atoms with Gasteiger partial charge in [-0.25, -0.2) is 4.68 Å². The molecule has 0 aliphatic carbocycles. The standard InChI is InChI=1S/C14H26N4O/c1-5-7-15-9-12(3)11-18-14(19)8-13(10-16-18)17(4)6-2/h8,10,12,15H,5-7,9,11H2,1-4H3. The van der Waals surface area contributed by atoms with E-state index in [1.807, 2.05) is 18.9 Å². The van der Waals surface area contributed by atoms with Crippen LogP contribution in [0.3, 0.4) is 0 Å². The largest absolute Gasteiger partial charge is 0.373 e. The van der Waals surface area contributed by atoms with E-state index in [9.17, 15) is 4.79 Å². The third-order valence-electron chi connectivity index (χ3n) is 3.17. The van der Waals surface area contributed by atoms with Crippen LogP contribution in [0.2, 0.25) is 0 Å². The van der Waals surface area contributed by atoms with Crippen molar-refractivity contribution >= 4 is 5.69 Å². The van der Waals surface area contributed by atoms with Gasteiger partial charge >= 0.3 is 0 Å². The molecular formula is C14H26N4O. The molecule has 0 bridgehead atoms. The lowest BCUT2D eigenvalue weighted by Crippen LogP contribution is -2.31. The number of nitrogens with zero attached hydrogens (tertiary/aromatic N) is 3. The zero-order valence-electron chi connectivity index (χ0n) is 12.5. The topological polar surface area (TPSA) is 50.2 Å². The molecule has 1 atom stereocenters. The van der Waals surface area contributed by atoms with Gasteiger partial charge in [-0.2, -0.15) is 5.10 Å². The Hall–Kier alpha value is -1.36. The number of hydrogen-bond donors (Lipinski definition) is 1. The van der Waals surface area contributed by atoms with E-state index < -0.39 is 0 Å². The van der Waals surface area contributed by atoms with Crippen LogP contribution in [0, 0.1) is 5.92 Å². The summed E-state index contributed by atoms with van der Waals surface area (Å²) in [6.07, 6.45) is 2.89. The minimum absolute atomic E-state index is 0.0276. The Kier molecular flexibility index (Phi) is 6.56. The first-order valence-corrected chi connectivity index (χ1v) is 7.07. The van der Waals surface area contributed by atoms with E-state index in [0.717, 1.165) is 31.7 Å². The summed E-state index contributed by atoms with van der Waals surface area (Å²) in [5.41, 5.74) is 0.848. The molecule has 0 amide bonds. The van der Waals surface area contributed by atoms with Crippen LogP contribution in [0.25, 0.3) is 0 Å². The zero-order chi connectivity index (χ0) is 14.3. The highest BCUT2D eigenvalue weighted by Crippen LogP contribution is 2.06. The van der Waals surface area contributed by atoms with Crippen molar-refractivity contribution in [2.24, 2.45) is 5.92 Å². The van der Waals surface area contributed by atoms with Crippen molar-refractivity contribution in [3.63, 3.8) is 0 Å². The summed E-state index contributed by atoms with van der Waals surface area (Å²) in [5.74, 6) is 0.395. The zero-order valence-corrected chi connectivity index (χ0v) is 12.5. The summed E-state index contributed by atoms with van der Waals surface area (Å²) >= 11 is 0. The minimum atomic E-state index is -0.0276. The maximum absolute atomic E-state index is 12.0.